The summed E-state index contributed by atoms with van der Waals surface area (Å²) in [4.78, 5) is 172. The minimum atomic E-state index is -1.33. The maximum absolute atomic E-state index is 13.7. The van der Waals surface area contributed by atoms with Crippen molar-refractivity contribution in [1.82, 2.24) is 25.8 Å². The smallest absolute Gasteiger partial charge is 0.335 e. The average Bonchev–Trinajstić information content (AvgIpc) is 1.49. The largest absolute Gasteiger partial charge is 0.382 e. The molecule has 0 aromatic carbocycles. The Labute approximate surface area is 623 Å². The first-order chi connectivity index (χ1) is 52.0. The molecule has 38 heteroatoms. The number of hydroxylamine groups is 6. The second kappa shape index (κ2) is 63.2. The van der Waals surface area contributed by atoms with Gasteiger partial charge in [-0.3, -0.25) is 47.9 Å². The molecule has 2 N–H and O–H groups in total. The van der Waals surface area contributed by atoms with Gasteiger partial charge in [-0.1, -0.05) is 0 Å². The maximum Gasteiger partial charge on any atom is 0.335 e. The number of Topliss-reactive ketones (excluding diaryl/α,β-unsaturated/α-hetero) is 2. The minimum absolute atomic E-state index is 0.00294. The summed E-state index contributed by atoms with van der Waals surface area (Å²) < 4.78 is 95.1. The first-order valence-electron chi connectivity index (χ1n) is 36.6. The fourth-order valence-electron chi connectivity index (χ4n) is 9.29. The number of imide groups is 3. The number of nitrogens with one attached hydrogen (secondary N) is 2. The molecule has 0 radical (unpaired) electrons. The van der Waals surface area contributed by atoms with Crippen molar-refractivity contribution in [1.29, 1.82) is 0 Å². The number of ether oxygens (including phenoxy) is 17. The van der Waals surface area contributed by atoms with Crippen molar-refractivity contribution in [2.75, 3.05) is 231 Å². The molecule has 0 atom stereocenters. The summed E-state index contributed by atoms with van der Waals surface area (Å²) in [5.74, 6) is -6.44. The zero-order chi connectivity index (χ0) is 77.5. The first kappa shape index (κ1) is 94.6. The second-order valence-electron chi connectivity index (χ2n) is 23.9. The van der Waals surface area contributed by atoms with Gasteiger partial charge in [0.25, 0.3) is 35.4 Å². The number of ketones is 2. The van der Waals surface area contributed by atoms with Crippen molar-refractivity contribution in [3.05, 3.63) is 0 Å². The number of nitrogens with zero attached hydrogens (tertiary/aromatic N) is 3. The lowest BCUT2D eigenvalue weighted by Gasteiger charge is -2.34. The van der Waals surface area contributed by atoms with E-state index < -0.39 is 58.9 Å². The van der Waals surface area contributed by atoms with Crippen molar-refractivity contribution in [3.63, 3.8) is 0 Å². The highest BCUT2D eigenvalue weighted by Gasteiger charge is 2.36. The summed E-state index contributed by atoms with van der Waals surface area (Å²) in [5.41, 5.74) is -1.33. The first-order valence-corrected chi connectivity index (χ1v) is 36.6. The van der Waals surface area contributed by atoms with Crippen molar-refractivity contribution in [3.8, 4) is 0 Å². The standard InChI is InChI=1S/C69H113N5O33/c1-2-88-26-6-27-89-25-5-9-59(78)71-69(53-102-28-16-56(75)7-3-23-90-35-41-96-47-49-98-43-37-92-31-19-66(85)105-72-60(79)10-11-61(72)80,54-103-29-17-57(76)8-4-24-91-36-42-97-48-50-99-44-38-93-32-20-67(86)106-73-62(81)12-13-63(73)82)55-104-30-18-58(77)70-22-34-95-40-46-101-52-51-100-45-39-94-33-21-68(87)107-74-64(83)14-15-65(74)84/h2-55H2,1H3,(H,70,77)(H,71,78). The average molecular weight is 1540 g/mol. The minimum Gasteiger partial charge on any atom is -0.382 e. The molecule has 0 aromatic rings. The van der Waals surface area contributed by atoms with E-state index in [1.54, 1.807) is 0 Å². The lowest BCUT2D eigenvalue weighted by Crippen LogP contribution is -2.58. The molecule has 3 heterocycles. The summed E-state index contributed by atoms with van der Waals surface area (Å²) in [6.45, 7) is 9.12. The topological polar surface area (TPSA) is 440 Å². The molecule has 3 saturated heterocycles. The molecule has 3 aliphatic rings. The van der Waals surface area contributed by atoms with Crippen LogP contribution in [0.15, 0.2) is 0 Å². The molecular formula is C69H113N5O33. The Hall–Kier alpha value is -6.57. The van der Waals surface area contributed by atoms with Crippen LogP contribution >= 0.6 is 0 Å². The fraction of sp³-hybridized carbons (Fsp3) is 0.812. The molecule has 3 aliphatic heterocycles. The third kappa shape index (κ3) is 50.0. The van der Waals surface area contributed by atoms with Gasteiger partial charge in [-0.05, 0) is 32.6 Å². The number of amides is 8. The Morgan fingerprint density at radius 2 is 0.542 bits per heavy atom. The lowest BCUT2D eigenvalue weighted by molar-refractivity contribution is -0.198. The predicted octanol–water partition coefficient (Wildman–Crippen LogP) is 0.291. The van der Waals surface area contributed by atoms with E-state index in [0.717, 1.165) is 0 Å². The van der Waals surface area contributed by atoms with Crippen LogP contribution in [-0.2, 0) is 157 Å². The zero-order valence-electron chi connectivity index (χ0n) is 62.0. The van der Waals surface area contributed by atoms with E-state index in [4.69, 9.17) is 95.0 Å². The van der Waals surface area contributed by atoms with Gasteiger partial charge >= 0.3 is 17.9 Å². The van der Waals surface area contributed by atoms with Gasteiger partial charge in [0, 0.05) is 123 Å². The fourth-order valence-corrected chi connectivity index (χ4v) is 9.29. The Morgan fingerprint density at radius 1 is 0.280 bits per heavy atom. The molecule has 0 aliphatic carbocycles. The van der Waals surface area contributed by atoms with Crippen LogP contribution in [0.3, 0.4) is 0 Å². The predicted molar refractivity (Wildman–Crippen MR) is 365 cm³/mol. The van der Waals surface area contributed by atoms with Crippen molar-refractivity contribution < 1.29 is 157 Å². The molecule has 0 bridgehead atoms. The van der Waals surface area contributed by atoms with Gasteiger partial charge in [0.1, 0.15) is 17.1 Å². The molecule has 0 spiro atoms. The molecule has 3 fully saturated rings. The van der Waals surface area contributed by atoms with Crippen LogP contribution in [0.2, 0.25) is 0 Å². The molecule has 0 unspecified atom stereocenters. The molecule has 8 amide bonds. The number of carbonyl (C=O) groups is 13. The van der Waals surface area contributed by atoms with E-state index in [2.05, 4.69) is 10.6 Å². The molecule has 107 heavy (non-hydrogen) atoms. The van der Waals surface area contributed by atoms with Crippen molar-refractivity contribution in [2.45, 2.75) is 134 Å². The summed E-state index contributed by atoms with van der Waals surface area (Å²) in [7, 11) is 0. The van der Waals surface area contributed by atoms with Crippen LogP contribution in [0.1, 0.15) is 129 Å². The maximum atomic E-state index is 13.7. The molecule has 612 valence electrons. The van der Waals surface area contributed by atoms with Crippen molar-refractivity contribution in [2.24, 2.45) is 0 Å². The Balaban J connectivity index is 1.37. The SMILES string of the molecule is CCOCCCOCCCC(=O)NC(COCCC(=O)CCCOCCOCCOCCOCCC(=O)ON1C(=O)CCC1=O)(COCCC(=O)CCCOCCOCCOCCOCCC(=O)ON1C(=O)CCC1=O)COCCC(=O)NCCOCCOCCOCCOCCC(=O)ON1C(=O)CCC1=O. The van der Waals surface area contributed by atoms with Gasteiger partial charge in [0.15, 0.2) is 0 Å². The van der Waals surface area contributed by atoms with E-state index in [9.17, 15) is 62.3 Å². The third-order valence-corrected chi connectivity index (χ3v) is 14.9. The van der Waals surface area contributed by atoms with Crippen LogP contribution in [0.5, 0.6) is 0 Å². The highest BCUT2D eigenvalue weighted by Crippen LogP contribution is 2.17. The highest BCUT2D eigenvalue weighted by molar-refractivity contribution is 6.03. The Morgan fingerprint density at radius 3 is 0.879 bits per heavy atom. The molecule has 38 nitrogen and oxygen atoms in total. The third-order valence-electron chi connectivity index (χ3n) is 14.9. The summed E-state index contributed by atoms with van der Waals surface area (Å²) in [6.07, 6.45) is 2.21. The Bertz CT molecular complexity index is 2280. The summed E-state index contributed by atoms with van der Waals surface area (Å²) >= 11 is 0. The quantitative estimate of drug-likeness (QED) is 0.0610. The van der Waals surface area contributed by atoms with E-state index >= 15 is 0 Å². The van der Waals surface area contributed by atoms with Gasteiger partial charge in [0.05, 0.1) is 204 Å². The van der Waals surface area contributed by atoms with Crippen LogP contribution in [0.4, 0.5) is 0 Å². The molecule has 3 rings (SSSR count). The summed E-state index contributed by atoms with van der Waals surface area (Å²) in [6, 6.07) is 0. The molecular weight excluding hydrogens is 1430 g/mol. The number of hydrogen-bond acceptors (Lipinski definition) is 33. The van der Waals surface area contributed by atoms with Crippen LogP contribution in [-0.4, -0.2) is 329 Å². The van der Waals surface area contributed by atoms with Crippen LogP contribution in [0, 0.1) is 0 Å². The van der Waals surface area contributed by atoms with Gasteiger partial charge < -0.3 is 106 Å². The van der Waals surface area contributed by atoms with Gasteiger partial charge in [0.2, 0.25) is 11.8 Å². The second-order valence-corrected chi connectivity index (χ2v) is 23.9. The Kier molecular flexibility index (Phi) is 55.9. The normalized spacial score (nSPS) is 13.9. The zero-order valence-corrected chi connectivity index (χ0v) is 62.0. The van der Waals surface area contributed by atoms with Gasteiger partial charge in [-0.25, -0.2) is 14.4 Å². The molecule has 0 aromatic heterocycles. The monoisotopic (exact) mass is 1540 g/mol. The summed E-state index contributed by atoms with van der Waals surface area (Å²) in [5, 5.41) is 7.27. The highest BCUT2D eigenvalue weighted by atomic mass is 16.7. The van der Waals surface area contributed by atoms with Gasteiger partial charge in [-0.2, -0.15) is 0 Å². The number of carbonyl (C=O) groups excluding carboxylic acids is 13. The van der Waals surface area contributed by atoms with E-state index in [1.165, 1.54) is 0 Å². The van der Waals surface area contributed by atoms with E-state index in [-0.39, 0.29) is 285 Å². The number of hydrogen-bond donors (Lipinski definition) is 2. The van der Waals surface area contributed by atoms with Crippen LogP contribution in [0.25, 0.3) is 0 Å². The van der Waals surface area contributed by atoms with Crippen molar-refractivity contribution >= 4 is 76.7 Å². The van der Waals surface area contributed by atoms with Gasteiger partial charge in [-0.15, -0.1) is 15.2 Å². The molecule has 0 saturated carbocycles. The van der Waals surface area contributed by atoms with E-state index in [0.29, 0.717) is 107 Å². The van der Waals surface area contributed by atoms with E-state index in [1.807, 2.05) is 6.92 Å². The van der Waals surface area contributed by atoms with Crippen LogP contribution < -0.4 is 10.6 Å². The number of rotatable bonds is 75. The lowest BCUT2D eigenvalue weighted by atomic mass is 10.0.